The molecular formula is C30H48ClNO4. The van der Waals surface area contributed by atoms with E-state index in [1.165, 1.54) is 11.1 Å². The number of nitrogens with zero attached hydrogens (tertiary/aromatic N) is 1. The van der Waals surface area contributed by atoms with Gasteiger partial charge in [-0.15, -0.1) is 11.6 Å². The fraction of sp³-hybridized carbons (Fsp3) is 0.600. The molecule has 1 unspecified atom stereocenters. The van der Waals surface area contributed by atoms with Crippen molar-refractivity contribution in [3.8, 4) is 11.5 Å². The average molecular weight is 522 g/mol. The molecule has 1 heterocycles. The van der Waals surface area contributed by atoms with Crippen LogP contribution >= 0.6 is 11.6 Å². The van der Waals surface area contributed by atoms with Gasteiger partial charge in [-0.25, -0.2) is 0 Å². The Kier molecular flexibility index (Phi) is 15.8. The van der Waals surface area contributed by atoms with Gasteiger partial charge in [0.1, 0.15) is 24.2 Å². The molecule has 1 atom stereocenters. The van der Waals surface area contributed by atoms with Crippen molar-refractivity contribution in [2.45, 2.75) is 66.4 Å². The second kappa shape index (κ2) is 17.6. The molecule has 2 aromatic carbocycles. The standard InChI is InChI=1S/C26H36ClNO4.2C2H6/c1-20-17-22(7-10-25(20)31-14-4-11-27)26(2,3)21-5-8-24(9-6-21)32-19-23(29)18-28-12-15-30-16-13-28;2*1-2/h5-10,17,23,29H,4,11-16,18-19H2,1-3H3;2*1-2H3. The van der Waals surface area contributed by atoms with Crippen molar-refractivity contribution in [1.82, 2.24) is 4.90 Å². The van der Waals surface area contributed by atoms with Gasteiger partial charge in [0.05, 0.1) is 19.8 Å². The molecule has 1 N–H and O–H groups in total. The first kappa shape index (κ1) is 32.2. The summed E-state index contributed by atoms with van der Waals surface area (Å²) < 4.78 is 17.0. The number of morpholine rings is 1. The first-order chi connectivity index (χ1) is 17.4. The van der Waals surface area contributed by atoms with E-state index in [1.807, 2.05) is 45.9 Å². The molecule has 0 aliphatic carbocycles. The molecule has 5 nitrogen and oxygen atoms in total. The Morgan fingerprint density at radius 3 is 2.17 bits per heavy atom. The number of β-amino-alcohol motifs (C(OH)–C–C–N with tert-alkyl or cyclic N) is 1. The van der Waals surface area contributed by atoms with E-state index in [9.17, 15) is 5.11 Å². The van der Waals surface area contributed by atoms with Crippen molar-refractivity contribution in [3.05, 3.63) is 59.2 Å². The fourth-order valence-corrected chi connectivity index (χ4v) is 4.01. The first-order valence-corrected chi connectivity index (χ1v) is 13.9. The molecule has 1 aliphatic heterocycles. The van der Waals surface area contributed by atoms with Crippen molar-refractivity contribution in [2.75, 3.05) is 51.9 Å². The van der Waals surface area contributed by atoms with E-state index < -0.39 is 6.10 Å². The minimum Gasteiger partial charge on any atom is -0.493 e. The summed E-state index contributed by atoms with van der Waals surface area (Å²) in [7, 11) is 0. The summed E-state index contributed by atoms with van der Waals surface area (Å²) in [6.07, 6.45) is 0.324. The normalized spacial score (nSPS) is 14.6. The summed E-state index contributed by atoms with van der Waals surface area (Å²) in [5.74, 6) is 2.29. The van der Waals surface area contributed by atoms with Gasteiger partial charge in [-0.3, -0.25) is 4.90 Å². The Hall–Kier alpha value is -1.79. The van der Waals surface area contributed by atoms with Crippen LogP contribution in [0, 0.1) is 6.92 Å². The summed E-state index contributed by atoms with van der Waals surface area (Å²) in [6, 6.07) is 14.5. The van der Waals surface area contributed by atoms with Crippen LogP contribution in [0.2, 0.25) is 0 Å². The summed E-state index contributed by atoms with van der Waals surface area (Å²) in [6.45, 7) is 19.2. The molecule has 0 aromatic heterocycles. The first-order valence-electron chi connectivity index (χ1n) is 13.4. The van der Waals surface area contributed by atoms with Crippen molar-refractivity contribution >= 4 is 11.6 Å². The third-order valence-electron chi connectivity index (χ3n) is 6.02. The van der Waals surface area contributed by atoms with Crippen molar-refractivity contribution in [2.24, 2.45) is 0 Å². The Labute approximate surface area is 224 Å². The van der Waals surface area contributed by atoms with E-state index in [0.717, 1.165) is 49.8 Å². The molecule has 36 heavy (non-hydrogen) atoms. The molecule has 1 saturated heterocycles. The molecule has 6 heteroatoms. The van der Waals surface area contributed by atoms with Gasteiger partial charge in [0, 0.05) is 30.9 Å². The third-order valence-corrected chi connectivity index (χ3v) is 6.29. The smallest absolute Gasteiger partial charge is 0.122 e. The van der Waals surface area contributed by atoms with Gasteiger partial charge >= 0.3 is 0 Å². The molecule has 0 spiro atoms. The van der Waals surface area contributed by atoms with Gasteiger partial charge in [0.25, 0.3) is 0 Å². The maximum absolute atomic E-state index is 10.3. The minimum atomic E-state index is -0.516. The zero-order valence-electron chi connectivity index (χ0n) is 23.5. The summed E-state index contributed by atoms with van der Waals surface area (Å²) in [4.78, 5) is 2.21. The van der Waals surface area contributed by atoms with Crippen molar-refractivity contribution < 1.29 is 19.3 Å². The Bertz CT molecular complexity index is 835. The van der Waals surface area contributed by atoms with E-state index in [0.29, 0.717) is 19.0 Å². The zero-order chi connectivity index (χ0) is 27.0. The number of hydrogen-bond acceptors (Lipinski definition) is 5. The highest BCUT2D eigenvalue weighted by Crippen LogP contribution is 2.34. The predicted molar refractivity (Wildman–Crippen MR) is 152 cm³/mol. The minimum absolute atomic E-state index is 0.159. The summed E-state index contributed by atoms with van der Waals surface area (Å²) in [5, 5.41) is 10.3. The molecule has 1 fully saturated rings. The molecule has 2 aromatic rings. The van der Waals surface area contributed by atoms with Crippen LogP contribution in [0.4, 0.5) is 0 Å². The van der Waals surface area contributed by atoms with E-state index in [-0.39, 0.29) is 12.0 Å². The topological polar surface area (TPSA) is 51.2 Å². The Morgan fingerprint density at radius 2 is 1.58 bits per heavy atom. The average Bonchev–Trinajstić information content (AvgIpc) is 2.91. The second-order valence-electron chi connectivity index (χ2n) is 8.90. The highest BCUT2D eigenvalue weighted by molar-refractivity contribution is 6.17. The highest BCUT2D eigenvalue weighted by Gasteiger charge is 2.24. The maximum Gasteiger partial charge on any atom is 0.122 e. The fourth-order valence-electron chi connectivity index (χ4n) is 3.90. The van der Waals surface area contributed by atoms with Gasteiger partial charge in [-0.2, -0.15) is 0 Å². The van der Waals surface area contributed by atoms with Crippen LogP contribution in [-0.4, -0.2) is 68.1 Å². The van der Waals surface area contributed by atoms with E-state index in [1.54, 1.807) is 0 Å². The number of benzene rings is 2. The Balaban J connectivity index is 0.00000154. The van der Waals surface area contributed by atoms with Crippen LogP contribution in [-0.2, 0) is 10.2 Å². The number of aliphatic hydroxyl groups excluding tert-OH is 1. The highest BCUT2D eigenvalue weighted by atomic mass is 35.5. The van der Waals surface area contributed by atoms with Crippen LogP contribution in [0.15, 0.2) is 42.5 Å². The van der Waals surface area contributed by atoms with Gasteiger partial charge in [0.15, 0.2) is 0 Å². The zero-order valence-corrected chi connectivity index (χ0v) is 24.2. The molecule has 3 rings (SSSR count). The molecule has 0 saturated carbocycles. The molecule has 1 aliphatic rings. The van der Waals surface area contributed by atoms with Gasteiger partial charge < -0.3 is 19.3 Å². The lowest BCUT2D eigenvalue weighted by Gasteiger charge is -2.28. The number of halogens is 1. The van der Waals surface area contributed by atoms with Crippen LogP contribution < -0.4 is 9.47 Å². The van der Waals surface area contributed by atoms with E-state index in [2.05, 4.69) is 49.9 Å². The SMILES string of the molecule is CC.CC.Cc1cc(C(C)(C)c2ccc(OCC(O)CN3CCOCC3)cc2)ccc1OCCCCl. The molecular weight excluding hydrogens is 474 g/mol. The molecule has 0 amide bonds. The van der Waals surface area contributed by atoms with E-state index >= 15 is 0 Å². The number of alkyl halides is 1. The summed E-state index contributed by atoms with van der Waals surface area (Å²) >= 11 is 5.74. The van der Waals surface area contributed by atoms with Crippen LogP contribution in [0.25, 0.3) is 0 Å². The van der Waals surface area contributed by atoms with Gasteiger partial charge in [0.2, 0.25) is 0 Å². The number of aliphatic hydroxyl groups is 1. The maximum atomic E-state index is 10.3. The lowest BCUT2D eigenvalue weighted by molar-refractivity contribution is 0.00465. The largest absolute Gasteiger partial charge is 0.493 e. The van der Waals surface area contributed by atoms with Crippen LogP contribution in [0.3, 0.4) is 0 Å². The van der Waals surface area contributed by atoms with Crippen LogP contribution in [0.1, 0.15) is 64.7 Å². The van der Waals surface area contributed by atoms with Gasteiger partial charge in [-0.05, 0) is 48.2 Å². The lowest BCUT2D eigenvalue weighted by Crippen LogP contribution is -2.42. The second-order valence-corrected chi connectivity index (χ2v) is 9.28. The number of hydrogen-bond donors (Lipinski definition) is 1. The Morgan fingerprint density at radius 1 is 0.972 bits per heavy atom. The number of aryl methyl sites for hydroxylation is 1. The monoisotopic (exact) mass is 521 g/mol. The molecule has 0 radical (unpaired) electrons. The molecule has 204 valence electrons. The third kappa shape index (κ3) is 10.3. The summed E-state index contributed by atoms with van der Waals surface area (Å²) in [5.41, 5.74) is 3.40. The number of ether oxygens (including phenoxy) is 3. The van der Waals surface area contributed by atoms with E-state index in [4.69, 9.17) is 25.8 Å². The number of rotatable bonds is 11. The van der Waals surface area contributed by atoms with Gasteiger partial charge in [-0.1, -0.05) is 65.8 Å². The predicted octanol–water partition coefficient (Wildman–Crippen LogP) is 6.45. The van der Waals surface area contributed by atoms with Crippen molar-refractivity contribution in [3.63, 3.8) is 0 Å². The molecule has 0 bridgehead atoms. The van der Waals surface area contributed by atoms with Crippen LogP contribution in [0.5, 0.6) is 11.5 Å². The quantitative estimate of drug-likeness (QED) is 0.272. The van der Waals surface area contributed by atoms with Crippen molar-refractivity contribution in [1.29, 1.82) is 0 Å². The lowest BCUT2D eigenvalue weighted by atomic mass is 9.77.